The number of carboxylic acid groups (broad SMARTS) is 1. The maximum absolute atomic E-state index is 10.9. The first-order valence-electron chi connectivity index (χ1n) is 6.55. The predicted octanol–water partition coefficient (Wildman–Crippen LogP) is -3.12. The summed E-state index contributed by atoms with van der Waals surface area (Å²) in [6, 6.07) is 0. The van der Waals surface area contributed by atoms with Gasteiger partial charge in [0.25, 0.3) is 0 Å². The molecule has 2 aliphatic rings. The Morgan fingerprint density at radius 1 is 1.14 bits per heavy atom. The molecule has 2 aliphatic heterocycles. The number of ether oxygens (including phenoxy) is 3. The van der Waals surface area contributed by atoms with E-state index < -0.39 is 60.9 Å². The van der Waals surface area contributed by atoms with Gasteiger partial charge in [-0.1, -0.05) is 0 Å². The third kappa shape index (κ3) is 3.22. The van der Waals surface area contributed by atoms with E-state index >= 15 is 0 Å². The molecule has 0 aromatic heterocycles. The molecule has 10 nitrogen and oxygen atoms in total. The zero-order valence-electron chi connectivity index (χ0n) is 11.5. The molecule has 2 rings (SSSR count). The molecular weight excluding hydrogens is 304 g/mol. The van der Waals surface area contributed by atoms with Crippen LogP contribution in [0, 0.1) is 0 Å². The van der Waals surface area contributed by atoms with Gasteiger partial charge in [-0.25, -0.2) is 4.79 Å². The molecule has 0 aromatic rings. The summed E-state index contributed by atoms with van der Waals surface area (Å²) >= 11 is 0. The summed E-state index contributed by atoms with van der Waals surface area (Å²) in [5.74, 6) is -2.15. The Balaban J connectivity index is 2.12. The van der Waals surface area contributed by atoms with E-state index in [2.05, 4.69) is 0 Å². The van der Waals surface area contributed by atoms with Crippen molar-refractivity contribution in [3.05, 3.63) is 11.8 Å². The monoisotopic (exact) mass is 322 g/mol. The Bertz CT molecular complexity index is 451. The number of aliphatic hydroxyl groups is 5. The van der Waals surface area contributed by atoms with Crippen molar-refractivity contribution in [3.8, 4) is 0 Å². The second-order valence-corrected chi connectivity index (χ2v) is 5.12. The highest BCUT2D eigenvalue weighted by molar-refractivity contribution is 5.84. The maximum atomic E-state index is 10.9. The zero-order valence-corrected chi connectivity index (χ0v) is 11.5. The number of carbonyl (C=O) groups is 1. The van der Waals surface area contributed by atoms with Crippen LogP contribution in [-0.4, -0.2) is 85.8 Å². The first-order chi connectivity index (χ1) is 10.2. The van der Waals surface area contributed by atoms with Gasteiger partial charge in [-0.15, -0.1) is 0 Å². The zero-order chi connectivity index (χ0) is 16.6. The van der Waals surface area contributed by atoms with Crippen molar-refractivity contribution in [3.63, 3.8) is 0 Å². The van der Waals surface area contributed by atoms with Crippen molar-refractivity contribution in [1.29, 1.82) is 0 Å². The molecule has 10 heteroatoms. The molecular formula is C12H18O10. The molecule has 0 bridgehead atoms. The molecule has 22 heavy (non-hydrogen) atoms. The molecule has 2 heterocycles. The fourth-order valence-electron chi connectivity index (χ4n) is 2.20. The highest BCUT2D eigenvalue weighted by Gasteiger charge is 2.46. The van der Waals surface area contributed by atoms with Crippen molar-refractivity contribution in [2.24, 2.45) is 0 Å². The van der Waals surface area contributed by atoms with Crippen LogP contribution in [0.4, 0.5) is 0 Å². The second-order valence-electron chi connectivity index (χ2n) is 5.12. The van der Waals surface area contributed by atoms with Gasteiger partial charge in [0, 0.05) is 0 Å². The van der Waals surface area contributed by atoms with E-state index in [1.807, 2.05) is 0 Å². The molecule has 0 amide bonds. The first-order valence-corrected chi connectivity index (χ1v) is 6.55. The molecule has 0 unspecified atom stereocenters. The van der Waals surface area contributed by atoms with Crippen LogP contribution in [0.3, 0.4) is 0 Å². The third-order valence-corrected chi connectivity index (χ3v) is 3.50. The Morgan fingerprint density at radius 2 is 1.77 bits per heavy atom. The summed E-state index contributed by atoms with van der Waals surface area (Å²) in [7, 11) is 0. The van der Waals surface area contributed by atoms with E-state index in [-0.39, 0.29) is 0 Å². The third-order valence-electron chi connectivity index (χ3n) is 3.50. The summed E-state index contributed by atoms with van der Waals surface area (Å²) in [6.07, 6.45) is -11.1. The van der Waals surface area contributed by atoms with Crippen LogP contribution in [0.5, 0.6) is 0 Å². The number of carboxylic acids is 1. The summed E-state index contributed by atoms with van der Waals surface area (Å²) in [6.45, 7) is 1.42. The second kappa shape index (κ2) is 6.46. The lowest BCUT2D eigenvalue weighted by Crippen LogP contribution is -2.60. The number of hydrogen-bond donors (Lipinski definition) is 6. The normalized spacial score (nSPS) is 45.8. The largest absolute Gasteiger partial charge is 0.475 e. The minimum atomic E-state index is -1.68. The number of aliphatic carboxylic acids is 1. The van der Waals surface area contributed by atoms with Gasteiger partial charge in [-0.2, -0.15) is 0 Å². The van der Waals surface area contributed by atoms with Crippen LogP contribution < -0.4 is 0 Å². The standard InChI is InChI=1S/C12H18O10/c1-3-6(14)8(16)9(11(19)20-3)22-12-7(15)4(13)2-5(21-12)10(17)18/h2-4,6-9,11-16,19H,1H3,(H,17,18)/t3-,4-,6-,7-,8+,9+,11-,12+/m1/s1. The lowest BCUT2D eigenvalue weighted by atomic mass is 9.99. The Kier molecular flexibility index (Phi) is 5.02. The Hall–Kier alpha value is -1.27. The Labute approximate surface area is 124 Å². The fraction of sp³-hybridized carbons (Fsp3) is 0.750. The summed E-state index contributed by atoms with van der Waals surface area (Å²) < 4.78 is 14.9. The molecule has 0 aromatic carbocycles. The van der Waals surface area contributed by atoms with E-state index in [9.17, 15) is 30.3 Å². The number of hydrogen-bond acceptors (Lipinski definition) is 9. The molecule has 0 radical (unpaired) electrons. The van der Waals surface area contributed by atoms with E-state index in [1.165, 1.54) is 6.92 Å². The molecule has 0 saturated carbocycles. The smallest absolute Gasteiger partial charge is 0.371 e. The van der Waals surface area contributed by atoms with Gasteiger partial charge in [0.05, 0.1) is 6.10 Å². The molecule has 8 atom stereocenters. The fourth-order valence-corrected chi connectivity index (χ4v) is 2.20. The van der Waals surface area contributed by atoms with Gasteiger partial charge in [0.15, 0.2) is 6.29 Å². The molecule has 0 aliphatic carbocycles. The summed E-state index contributed by atoms with van der Waals surface area (Å²) in [4.78, 5) is 10.9. The maximum Gasteiger partial charge on any atom is 0.371 e. The van der Waals surface area contributed by atoms with Gasteiger partial charge in [0.1, 0.15) is 30.5 Å². The lowest BCUT2D eigenvalue weighted by Gasteiger charge is -2.41. The molecule has 1 saturated heterocycles. The van der Waals surface area contributed by atoms with Gasteiger partial charge in [-0.05, 0) is 13.0 Å². The molecule has 1 fully saturated rings. The lowest BCUT2D eigenvalue weighted by molar-refractivity contribution is -0.328. The molecule has 6 N–H and O–H groups in total. The van der Waals surface area contributed by atoms with E-state index in [0.29, 0.717) is 0 Å². The minimum Gasteiger partial charge on any atom is -0.475 e. The van der Waals surface area contributed by atoms with Gasteiger partial charge in [-0.3, -0.25) is 0 Å². The number of rotatable bonds is 3. The van der Waals surface area contributed by atoms with Crippen molar-refractivity contribution in [1.82, 2.24) is 0 Å². The van der Waals surface area contributed by atoms with Crippen molar-refractivity contribution in [2.75, 3.05) is 0 Å². The predicted molar refractivity (Wildman–Crippen MR) is 66.0 cm³/mol. The van der Waals surface area contributed by atoms with Crippen LogP contribution >= 0.6 is 0 Å². The van der Waals surface area contributed by atoms with Crippen LogP contribution in [0.1, 0.15) is 6.92 Å². The van der Waals surface area contributed by atoms with E-state index in [1.54, 1.807) is 0 Å². The van der Waals surface area contributed by atoms with E-state index in [0.717, 1.165) is 6.08 Å². The molecule has 0 spiro atoms. The highest BCUT2D eigenvalue weighted by Crippen LogP contribution is 2.27. The Morgan fingerprint density at radius 3 is 2.36 bits per heavy atom. The van der Waals surface area contributed by atoms with Crippen LogP contribution in [0.25, 0.3) is 0 Å². The van der Waals surface area contributed by atoms with Gasteiger partial charge < -0.3 is 44.8 Å². The number of aliphatic hydroxyl groups excluding tert-OH is 5. The van der Waals surface area contributed by atoms with Gasteiger partial charge >= 0.3 is 5.97 Å². The van der Waals surface area contributed by atoms with E-state index in [4.69, 9.17) is 19.3 Å². The topological polar surface area (TPSA) is 166 Å². The highest BCUT2D eigenvalue weighted by atomic mass is 16.7. The first kappa shape index (κ1) is 17.1. The van der Waals surface area contributed by atoms with Crippen molar-refractivity contribution in [2.45, 2.75) is 56.1 Å². The quantitative estimate of drug-likeness (QED) is 0.313. The SMILES string of the molecule is C[C@H]1O[C@@H](O)[C@@H](O[C@@H]2OC(C(=O)O)=C[C@@H](O)[C@H]2O)[C@@H](O)[C@@H]1O. The van der Waals surface area contributed by atoms with Crippen LogP contribution in [-0.2, 0) is 19.0 Å². The van der Waals surface area contributed by atoms with Gasteiger partial charge in [0.2, 0.25) is 12.0 Å². The average Bonchev–Trinajstić information content (AvgIpc) is 2.45. The summed E-state index contributed by atoms with van der Waals surface area (Å²) in [5, 5.41) is 57.5. The van der Waals surface area contributed by atoms with Crippen molar-refractivity contribution < 1.29 is 49.6 Å². The van der Waals surface area contributed by atoms with Crippen LogP contribution in [0.2, 0.25) is 0 Å². The average molecular weight is 322 g/mol. The summed E-state index contributed by atoms with van der Waals surface area (Å²) in [5.41, 5.74) is 0. The van der Waals surface area contributed by atoms with Crippen LogP contribution in [0.15, 0.2) is 11.8 Å². The van der Waals surface area contributed by atoms with Crippen molar-refractivity contribution >= 4 is 5.97 Å². The minimum absolute atomic E-state index is 0.655. The molecule has 126 valence electrons.